The summed E-state index contributed by atoms with van der Waals surface area (Å²) in [4.78, 5) is 2.12. The highest BCUT2D eigenvalue weighted by molar-refractivity contribution is 5.49. The number of rotatable bonds is 6. The second-order valence-corrected chi connectivity index (χ2v) is 6.18. The first-order chi connectivity index (χ1) is 11.0. The fraction of sp³-hybridized carbons (Fsp3) is 0.350. The van der Waals surface area contributed by atoms with Gasteiger partial charge in [0.25, 0.3) is 0 Å². The molecule has 0 bridgehead atoms. The van der Waals surface area contributed by atoms with Gasteiger partial charge >= 0.3 is 0 Å². The Morgan fingerprint density at radius 2 is 1.74 bits per heavy atom. The van der Waals surface area contributed by atoms with E-state index < -0.39 is 5.41 Å². The van der Waals surface area contributed by atoms with Gasteiger partial charge in [-0.2, -0.15) is 5.26 Å². The average Bonchev–Trinajstić information content (AvgIpc) is 2.56. The normalized spacial score (nSPS) is 14.8. The molecule has 120 valence electrons. The number of hydrogen-bond donors (Lipinski definition) is 0. The third-order valence-corrected chi connectivity index (χ3v) is 4.31. The van der Waals surface area contributed by atoms with E-state index in [-0.39, 0.29) is 5.92 Å². The zero-order valence-electron chi connectivity index (χ0n) is 14.3. The van der Waals surface area contributed by atoms with Crippen LogP contribution in [-0.4, -0.2) is 32.6 Å². The number of benzene rings is 2. The number of nitrogens with zero attached hydrogens (tertiary/aromatic N) is 2. The maximum absolute atomic E-state index is 10.2. The Bertz CT molecular complexity index is 676. The van der Waals surface area contributed by atoms with Crippen LogP contribution in [0.3, 0.4) is 0 Å². The summed E-state index contributed by atoms with van der Waals surface area (Å²) in [6.07, 6.45) is 0. The number of hydrogen-bond acceptors (Lipinski definition) is 3. The number of nitriles is 1. The Kier molecular flexibility index (Phi) is 5.41. The Morgan fingerprint density at radius 1 is 1.09 bits per heavy atom. The second kappa shape index (κ2) is 7.30. The van der Waals surface area contributed by atoms with Crippen LogP contribution in [0.4, 0.5) is 0 Å². The van der Waals surface area contributed by atoms with Crippen molar-refractivity contribution in [3.05, 3.63) is 65.7 Å². The van der Waals surface area contributed by atoms with Crippen LogP contribution < -0.4 is 4.74 Å². The third kappa shape index (κ3) is 3.38. The van der Waals surface area contributed by atoms with Crippen molar-refractivity contribution >= 4 is 0 Å². The van der Waals surface area contributed by atoms with Crippen molar-refractivity contribution in [1.29, 1.82) is 5.26 Å². The van der Waals surface area contributed by atoms with Crippen molar-refractivity contribution < 1.29 is 4.74 Å². The fourth-order valence-corrected chi connectivity index (χ4v) is 3.23. The van der Waals surface area contributed by atoms with Gasteiger partial charge in [-0.1, -0.05) is 49.4 Å². The Morgan fingerprint density at radius 3 is 2.30 bits per heavy atom. The first kappa shape index (κ1) is 17.1. The lowest BCUT2D eigenvalue weighted by Crippen LogP contribution is -2.39. The van der Waals surface area contributed by atoms with Crippen LogP contribution in [0, 0.1) is 17.2 Å². The second-order valence-electron chi connectivity index (χ2n) is 6.18. The minimum atomic E-state index is -0.708. The summed E-state index contributed by atoms with van der Waals surface area (Å²) in [6, 6.07) is 20.5. The molecule has 23 heavy (non-hydrogen) atoms. The third-order valence-electron chi connectivity index (χ3n) is 4.31. The van der Waals surface area contributed by atoms with E-state index in [9.17, 15) is 5.26 Å². The molecule has 0 amide bonds. The maximum Gasteiger partial charge on any atom is 0.119 e. The first-order valence-electron chi connectivity index (χ1n) is 7.80. The summed E-state index contributed by atoms with van der Waals surface area (Å²) in [7, 11) is 5.73. The van der Waals surface area contributed by atoms with Gasteiger partial charge in [-0.3, -0.25) is 0 Å². The summed E-state index contributed by atoms with van der Waals surface area (Å²) in [5, 5.41) is 10.2. The smallest absolute Gasteiger partial charge is 0.119 e. The standard InChI is InChI=1S/C20H24N2O/c1-16(14-22(2)3)20(15-21,17-9-6-5-7-10-17)18-11-8-12-19(13-18)23-4/h5-13,16H,14H2,1-4H3. The van der Waals surface area contributed by atoms with Crippen LogP contribution in [0.1, 0.15) is 18.1 Å². The summed E-state index contributed by atoms with van der Waals surface area (Å²) < 4.78 is 5.37. The molecule has 2 unspecified atom stereocenters. The topological polar surface area (TPSA) is 36.3 Å². The van der Waals surface area contributed by atoms with Gasteiger partial charge in [0.15, 0.2) is 0 Å². The molecule has 0 saturated carbocycles. The van der Waals surface area contributed by atoms with Crippen molar-refractivity contribution in [3.8, 4) is 11.8 Å². The van der Waals surface area contributed by atoms with Crippen molar-refractivity contribution in [3.63, 3.8) is 0 Å². The minimum Gasteiger partial charge on any atom is -0.497 e. The molecule has 0 fully saturated rings. The predicted molar refractivity (Wildman–Crippen MR) is 93.5 cm³/mol. The van der Waals surface area contributed by atoms with Gasteiger partial charge in [0.1, 0.15) is 11.2 Å². The van der Waals surface area contributed by atoms with E-state index in [0.717, 1.165) is 23.4 Å². The lowest BCUT2D eigenvalue weighted by molar-refractivity contribution is 0.289. The Balaban J connectivity index is 2.65. The molecule has 3 nitrogen and oxygen atoms in total. The molecule has 0 N–H and O–H groups in total. The minimum absolute atomic E-state index is 0.122. The van der Waals surface area contributed by atoms with Crippen molar-refractivity contribution in [2.45, 2.75) is 12.3 Å². The molecule has 2 aromatic carbocycles. The molecule has 0 aliphatic heterocycles. The van der Waals surface area contributed by atoms with E-state index >= 15 is 0 Å². The van der Waals surface area contributed by atoms with Gasteiger partial charge in [0, 0.05) is 6.54 Å². The molecule has 0 aliphatic rings. The highest BCUT2D eigenvalue weighted by atomic mass is 16.5. The summed E-state index contributed by atoms with van der Waals surface area (Å²) in [5.41, 5.74) is 1.28. The summed E-state index contributed by atoms with van der Waals surface area (Å²) in [5.74, 6) is 0.895. The number of methoxy groups -OCH3 is 1. The summed E-state index contributed by atoms with van der Waals surface area (Å²) in [6.45, 7) is 2.95. The maximum atomic E-state index is 10.2. The van der Waals surface area contributed by atoms with Crippen LogP contribution in [-0.2, 0) is 5.41 Å². The SMILES string of the molecule is COc1cccc(C(C#N)(c2ccccc2)C(C)CN(C)C)c1. The summed E-state index contributed by atoms with van der Waals surface area (Å²) >= 11 is 0. The van der Waals surface area contributed by atoms with Crippen LogP contribution in [0.15, 0.2) is 54.6 Å². The van der Waals surface area contributed by atoms with Crippen LogP contribution in [0.25, 0.3) is 0 Å². The molecular formula is C20H24N2O. The lowest BCUT2D eigenvalue weighted by Gasteiger charge is -2.35. The predicted octanol–water partition coefficient (Wildman–Crippen LogP) is 3.70. The molecular weight excluding hydrogens is 284 g/mol. The fourth-order valence-electron chi connectivity index (χ4n) is 3.23. The quantitative estimate of drug-likeness (QED) is 0.816. The molecule has 2 aromatic rings. The monoisotopic (exact) mass is 308 g/mol. The highest BCUT2D eigenvalue weighted by Gasteiger charge is 2.40. The molecule has 0 spiro atoms. The molecule has 3 heteroatoms. The van der Waals surface area contributed by atoms with Crippen LogP contribution in [0.2, 0.25) is 0 Å². The van der Waals surface area contributed by atoms with E-state index in [0.29, 0.717) is 0 Å². The van der Waals surface area contributed by atoms with E-state index in [1.165, 1.54) is 0 Å². The molecule has 0 heterocycles. The van der Waals surface area contributed by atoms with E-state index in [1.54, 1.807) is 7.11 Å². The average molecular weight is 308 g/mol. The molecule has 2 atom stereocenters. The van der Waals surface area contributed by atoms with E-state index in [2.05, 4.69) is 17.9 Å². The van der Waals surface area contributed by atoms with Gasteiger partial charge < -0.3 is 9.64 Å². The van der Waals surface area contributed by atoms with E-state index in [1.807, 2.05) is 68.7 Å². The highest BCUT2D eigenvalue weighted by Crippen LogP contribution is 2.40. The molecule has 0 aliphatic carbocycles. The zero-order valence-corrected chi connectivity index (χ0v) is 14.3. The van der Waals surface area contributed by atoms with Gasteiger partial charge in [-0.25, -0.2) is 0 Å². The van der Waals surface area contributed by atoms with Gasteiger partial charge in [-0.05, 0) is 43.3 Å². The van der Waals surface area contributed by atoms with Gasteiger partial charge in [0.05, 0.1) is 13.2 Å². The molecule has 2 rings (SSSR count). The van der Waals surface area contributed by atoms with Crippen LogP contribution >= 0.6 is 0 Å². The zero-order chi connectivity index (χ0) is 16.9. The molecule has 0 saturated heterocycles. The largest absolute Gasteiger partial charge is 0.497 e. The van der Waals surface area contributed by atoms with Gasteiger partial charge in [0.2, 0.25) is 0 Å². The van der Waals surface area contributed by atoms with Crippen molar-refractivity contribution in [1.82, 2.24) is 4.90 Å². The van der Waals surface area contributed by atoms with Crippen LogP contribution in [0.5, 0.6) is 5.75 Å². The molecule has 0 aromatic heterocycles. The Hall–Kier alpha value is -2.31. The van der Waals surface area contributed by atoms with Crippen molar-refractivity contribution in [2.24, 2.45) is 5.92 Å². The van der Waals surface area contributed by atoms with E-state index in [4.69, 9.17) is 4.74 Å². The van der Waals surface area contributed by atoms with Gasteiger partial charge in [-0.15, -0.1) is 0 Å². The molecule has 0 radical (unpaired) electrons. The lowest BCUT2D eigenvalue weighted by atomic mass is 9.67. The Labute approximate surface area is 139 Å². The first-order valence-corrected chi connectivity index (χ1v) is 7.80. The number of ether oxygens (including phenoxy) is 1. The van der Waals surface area contributed by atoms with Crippen molar-refractivity contribution in [2.75, 3.05) is 27.7 Å².